The molecule has 0 aliphatic carbocycles. The molecule has 0 bridgehead atoms. The van der Waals surface area contributed by atoms with E-state index in [-0.39, 0.29) is 17.9 Å². The fourth-order valence-electron chi connectivity index (χ4n) is 3.41. The summed E-state index contributed by atoms with van der Waals surface area (Å²) in [5.41, 5.74) is 3.26. The van der Waals surface area contributed by atoms with E-state index >= 15 is 0 Å². The van der Waals surface area contributed by atoms with E-state index in [4.69, 9.17) is 0 Å². The summed E-state index contributed by atoms with van der Waals surface area (Å²) in [5, 5.41) is 9.71. The molecule has 1 fully saturated rings. The highest BCUT2D eigenvalue weighted by Crippen LogP contribution is 2.21. The maximum Gasteiger partial charge on any atom is 0.254 e. The van der Waals surface area contributed by atoms with Gasteiger partial charge in [0.15, 0.2) is 0 Å². The Kier molecular flexibility index (Phi) is 5.14. The maximum atomic E-state index is 13.3. The van der Waals surface area contributed by atoms with E-state index in [9.17, 15) is 9.59 Å². The molecule has 1 atom stereocenters. The minimum atomic E-state index is -0.0860. The second-order valence-corrected chi connectivity index (χ2v) is 6.88. The van der Waals surface area contributed by atoms with Crippen molar-refractivity contribution in [2.24, 2.45) is 0 Å². The first-order chi connectivity index (χ1) is 13.7. The zero-order valence-electron chi connectivity index (χ0n) is 15.3. The maximum absolute atomic E-state index is 13.3. The zero-order valence-corrected chi connectivity index (χ0v) is 15.3. The van der Waals surface area contributed by atoms with E-state index < -0.39 is 0 Å². The minimum Gasteiger partial charge on any atom is -0.352 e. The summed E-state index contributed by atoms with van der Waals surface area (Å²) in [6.45, 7) is 0.846. The number of hydrogen-bond donors (Lipinski definition) is 2. The number of carbonyl (C=O) groups excluding carboxylic acids is 2. The van der Waals surface area contributed by atoms with Crippen molar-refractivity contribution in [2.75, 3.05) is 6.54 Å². The number of pyridine rings is 1. The van der Waals surface area contributed by atoms with Gasteiger partial charge >= 0.3 is 0 Å². The van der Waals surface area contributed by atoms with E-state index in [1.54, 1.807) is 23.5 Å². The number of aromatic nitrogens is 3. The Hall–Kier alpha value is -3.48. The largest absolute Gasteiger partial charge is 0.352 e. The Labute approximate surface area is 162 Å². The van der Waals surface area contributed by atoms with Crippen molar-refractivity contribution in [2.45, 2.75) is 25.4 Å². The number of nitrogens with one attached hydrogen (secondary N) is 2. The van der Waals surface area contributed by atoms with Gasteiger partial charge in [-0.3, -0.25) is 19.7 Å². The fraction of sp³-hybridized carbons (Fsp3) is 0.238. The molecule has 7 heteroatoms. The molecule has 1 aliphatic rings. The summed E-state index contributed by atoms with van der Waals surface area (Å²) in [6.07, 6.45) is 6.48. The number of nitrogens with zero attached hydrogens (tertiary/aromatic N) is 3. The van der Waals surface area contributed by atoms with E-state index in [2.05, 4.69) is 20.5 Å². The molecule has 7 nitrogen and oxygen atoms in total. The highest BCUT2D eigenvalue weighted by molar-refractivity contribution is 5.95. The summed E-state index contributed by atoms with van der Waals surface area (Å²) < 4.78 is 0. The predicted molar refractivity (Wildman–Crippen MR) is 104 cm³/mol. The van der Waals surface area contributed by atoms with Gasteiger partial charge in [0.1, 0.15) is 0 Å². The molecule has 1 aliphatic heterocycles. The third kappa shape index (κ3) is 4.09. The van der Waals surface area contributed by atoms with Gasteiger partial charge in [-0.1, -0.05) is 18.2 Å². The van der Waals surface area contributed by atoms with Crippen LogP contribution < -0.4 is 5.32 Å². The molecule has 3 aromatic rings. The van der Waals surface area contributed by atoms with E-state index in [1.807, 2.05) is 42.5 Å². The van der Waals surface area contributed by atoms with Crippen molar-refractivity contribution in [1.82, 2.24) is 25.4 Å². The normalized spacial score (nSPS) is 16.0. The fourth-order valence-corrected chi connectivity index (χ4v) is 3.41. The van der Waals surface area contributed by atoms with Gasteiger partial charge in [0.25, 0.3) is 5.91 Å². The molecule has 4 rings (SSSR count). The number of hydrogen-bond acceptors (Lipinski definition) is 4. The summed E-state index contributed by atoms with van der Waals surface area (Å²) in [5.74, 6) is -0.0469. The van der Waals surface area contributed by atoms with Crippen molar-refractivity contribution < 1.29 is 9.59 Å². The van der Waals surface area contributed by atoms with E-state index in [1.165, 1.54) is 0 Å². The van der Waals surface area contributed by atoms with Crippen LogP contribution in [0.25, 0.3) is 11.1 Å². The molecule has 1 saturated heterocycles. The zero-order chi connectivity index (χ0) is 19.3. The van der Waals surface area contributed by atoms with Gasteiger partial charge in [0, 0.05) is 42.5 Å². The quantitative estimate of drug-likeness (QED) is 0.692. The van der Waals surface area contributed by atoms with Gasteiger partial charge in [-0.05, 0) is 36.2 Å². The van der Waals surface area contributed by atoms with Gasteiger partial charge in [0.05, 0.1) is 18.4 Å². The van der Waals surface area contributed by atoms with Gasteiger partial charge in [-0.2, -0.15) is 5.10 Å². The van der Waals surface area contributed by atoms with Crippen molar-refractivity contribution >= 4 is 11.8 Å². The van der Waals surface area contributed by atoms with Crippen LogP contribution in [0.2, 0.25) is 0 Å². The van der Waals surface area contributed by atoms with Gasteiger partial charge in [-0.15, -0.1) is 0 Å². The number of carbonyl (C=O) groups is 2. The molecule has 0 radical (unpaired) electrons. The van der Waals surface area contributed by atoms with Gasteiger partial charge < -0.3 is 10.2 Å². The second-order valence-electron chi connectivity index (χ2n) is 6.88. The van der Waals surface area contributed by atoms with Crippen LogP contribution in [0.4, 0.5) is 0 Å². The lowest BCUT2D eigenvalue weighted by atomic mass is 10.0. The topological polar surface area (TPSA) is 91.0 Å². The van der Waals surface area contributed by atoms with Crippen LogP contribution in [-0.4, -0.2) is 44.5 Å². The third-order valence-electron chi connectivity index (χ3n) is 4.83. The number of aromatic amines is 1. The van der Waals surface area contributed by atoms with Crippen LogP contribution in [0.3, 0.4) is 0 Å². The Balaban J connectivity index is 1.58. The molecule has 0 spiro atoms. The number of H-pyrrole nitrogens is 1. The van der Waals surface area contributed by atoms with E-state index in [0.29, 0.717) is 25.1 Å². The van der Waals surface area contributed by atoms with Crippen LogP contribution in [0.1, 0.15) is 28.9 Å². The first-order valence-electron chi connectivity index (χ1n) is 9.27. The van der Waals surface area contributed by atoms with Crippen LogP contribution in [0.15, 0.2) is 61.1 Å². The Morgan fingerprint density at radius 2 is 2.11 bits per heavy atom. The molecule has 28 heavy (non-hydrogen) atoms. The molecule has 2 amide bonds. The average Bonchev–Trinajstić information content (AvgIpc) is 3.40. The Morgan fingerprint density at radius 3 is 2.82 bits per heavy atom. The lowest BCUT2D eigenvalue weighted by molar-refractivity contribution is -0.119. The summed E-state index contributed by atoms with van der Waals surface area (Å²) in [6, 6.07) is 13.1. The van der Waals surface area contributed by atoms with Gasteiger partial charge in [0.2, 0.25) is 5.91 Å². The monoisotopic (exact) mass is 375 g/mol. The van der Waals surface area contributed by atoms with Crippen LogP contribution in [0.5, 0.6) is 0 Å². The Bertz CT molecular complexity index is 956. The van der Waals surface area contributed by atoms with E-state index in [0.717, 1.165) is 23.2 Å². The molecule has 0 saturated carbocycles. The highest BCUT2D eigenvalue weighted by Gasteiger charge is 2.26. The Morgan fingerprint density at radius 1 is 1.18 bits per heavy atom. The standard InChI is InChI=1S/C21H21N5O2/c27-20-8-7-19(25-20)14-26(13-18-6-1-2-9-22-18)21(28)16-5-3-4-15(10-16)17-11-23-24-12-17/h1-6,9-12,19H,7-8,13-14H2,(H,23,24)(H,25,27)/t19-/m0/s1. The molecule has 142 valence electrons. The average molecular weight is 375 g/mol. The highest BCUT2D eigenvalue weighted by atomic mass is 16.2. The lowest BCUT2D eigenvalue weighted by Gasteiger charge is -2.26. The molecule has 3 heterocycles. The predicted octanol–water partition coefficient (Wildman–Crippen LogP) is 2.39. The number of amides is 2. The molecule has 2 aromatic heterocycles. The van der Waals surface area contributed by atoms with Gasteiger partial charge in [-0.25, -0.2) is 0 Å². The van der Waals surface area contributed by atoms with Crippen LogP contribution in [0, 0.1) is 0 Å². The summed E-state index contributed by atoms with van der Waals surface area (Å²) in [4.78, 5) is 31.0. The van der Waals surface area contributed by atoms with Crippen LogP contribution in [-0.2, 0) is 11.3 Å². The van der Waals surface area contributed by atoms with Crippen molar-refractivity contribution in [3.05, 3.63) is 72.3 Å². The second kappa shape index (κ2) is 8.04. The van der Waals surface area contributed by atoms with Crippen LogP contribution >= 0.6 is 0 Å². The van der Waals surface area contributed by atoms with Crippen molar-refractivity contribution in [3.63, 3.8) is 0 Å². The first kappa shape index (κ1) is 17.9. The molecular formula is C21H21N5O2. The SMILES string of the molecule is O=C1CC[C@@H](CN(Cc2ccccn2)C(=O)c2cccc(-c3cn[nH]c3)c2)N1. The summed E-state index contributed by atoms with van der Waals surface area (Å²) in [7, 11) is 0. The first-order valence-corrected chi connectivity index (χ1v) is 9.27. The molecule has 2 N–H and O–H groups in total. The van der Waals surface area contributed by atoms with Crippen molar-refractivity contribution in [3.8, 4) is 11.1 Å². The molecule has 0 unspecified atom stereocenters. The molecular weight excluding hydrogens is 354 g/mol. The smallest absolute Gasteiger partial charge is 0.254 e. The third-order valence-corrected chi connectivity index (χ3v) is 4.83. The number of benzene rings is 1. The number of rotatable bonds is 6. The summed E-state index contributed by atoms with van der Waals surface area (Å²) >= 11 is 0. The van der Waals surface area contributed by atoms with Crippen molar-refractivity contribution in [1.29, 1.82) is 0 Å². The minimum absolute atomic E-state index is 0.0304. The lowest BCUT2D eigenvalue weighted by Crippen LogP contribution is -2.41. The molecule has 1 aromatic carbocycles.